The third-order valence-corrected chi connectivity index (χ3v) is 3.20. The predicted octanol–water partition coefficient (Wildman–Crippen LogP) is 0.659. The molecule has 0 saturated carbocycles. The highest BCUT2D eigenvalue weighted by Gasteiger charge is 2.18. The molecular formula is C13H15N7O3. The van der Waals surface area contributed by atoms with Gasteiger partial charge in [0.05, 0.1) is 18.1 Å². The molecule has 0 radical (unpaired) electrons. The van der Waals surface area contributed by atoms with Crippen LogP contribution in [0.25, 0.3) is 0 Å². The minimum absolute atomic E-state index is 0.119. The molecule has 1 aliphatic rings. The molecule has 0 atom stereocenters. The molecule has 1 saturated heterocycles. The monoisotopic (exact) mass is 317 g/mol. The summed E-state index contributed by atoms with van der Waals surface area (Å²) >= 11 is 0. The van der Waals surface area contributed by atoms with Crippen molar-refractivity contribution in [2.24, 2.45) is 10.8 Å². The Labute approximate surface area is 131 Å². The van der Waals surface area contributed by atoms with Gasteiger partial charge in [-0.25, -0.2) is 0 Å². The fourth-order valence-electron chi connectivity index (χ4n) is 2.05. The minimum atomic E-state index is -0.555. The molecule has 1 heterocycles. The molecular weight excluding hydrogens is 302 g/mol. The molecule has 10 nitrogen and oxygen atoms in total. The lowest BCUT2D eigenvalue weighted by Gasteiger charge is -2.29. The van der Waals surface area contributed by atoms with Crippen molar-refractivity contribution in [1.29, 1.82) is 10.7 Å². The number of hydrazone groups is 1. The third-order valence-electron chi connectivity index (χ3n) is 3.20. The maximum absolute atomic E-state index is 11.1. The molecule has 1 aliphatic heterocycles. The van der Waals surface area contributed by atoms with Crippen LogP contribution in [0, 0.1) is 26.9 Å². The van der Waals surface area contributed by atoms with Crippen LogP contribution in [0.4, 0.5) is 17.1 Å². The van der Waals surface area contributed by atoms with Gasteiger partial charge in [-0.3, -0.25) is 20.9 Å². The number of morpholine rings is 1. The zero-order valence-corrected chi connectivity index (χ0v) is 12.2. The van der Waals surface area contributed by atoms with E-state index in [1.54, 1.807) is 18.2 Å². The summed E-state index contributed by atoms with van der Waals surface area (Å²) in [5, 5.41) is 30.8. The highest BCUT2D eigenvalue weighted by molar-refractivity contribution is 6.45. The molecule has 23 heavy (non-hydrogen) atoms. The van der Waals surface area contributed by atoms with Crippen LogP contribution < -0.4 is 16.1 Å². The summed E-state index contributed by atoms with van der Waals surface area (Å²) in [6.07, 6.45) is 0. The Bertz CT molecular complexity index is 689. The van der Waals surface area contributed by atoms with Crippen LogP contribution >= 0.6 is 0 Å². The van der Waals surface area contributed by atoms with Crippen LogP contribution in [-0.4, -0.2) is 42.8 Å². The molecule has 0 aromatic heterocycles. The summed E-state index contributed by atoms with van der Waals surface area (Å²) in [5.74, 6) is -0.521. The number of benzene rings is 1. The second-order valence-electron chi connectivity index (χ2n) is 4.66. The number of amidine groups is 1. The average Bonchev–Trinajstić information content (AvgIpc) is 2.55. The normalized spacial score (nSPS) is 14.9. The molecule has 0 bridgehead atoms. The molecule has 10 heteroatoms. The first kappa shape index (κ1) is 16.2. The van der Waals surface area contributed by atoms with Gasteiger partial charge in [0.2, 0.25) is 5.71 Å². The molecule has 1 fully saturated rings. The summed E-state index contributed by atoms with van der Waals surface area (Å²) in [6, 6.07) is 6.22. The van der Waals surface area contributed by atoms with Crippen LogP contribution in [0.1, 0.15) is 0 Å². The number of nitrogens with zero attached hydrogens (tertiary/aromatic N) is 4. The average molecular weight is 317 g/mol. The number of rotatable bonds is 5. The van der Waals surface area contributed by atoms with E-state index in [1.807, 2.05) is 4.90 Å². The van der Waals surface area contributed by atoms with E-state index in [0.717, 1.165) is 5.69 Å². The summed E-state index contributed by atoms with van der Waals surface area (Å²) in [7, 11) is 0. The second kappa shape index (κ2) is 7.19. The number of anilines is 2. The van der Waals surface area contributed by atoms with Gasteiger partial charge in [-0.2, -0.15) is 10.4 Å². The van der Waals surface area contributed by atoms with Gasteiger partial charge < -0.3 is 15.4 Å². The number of hydrogen-bond donors (Lipinski definition) is 3. The maximum atomic E-state index is 11.1. The highest BCUT2D eigenvalue weighted by atomic mass is 16.6. The van der Waals surface area contributed by atoms with Gasteiger partial charge in [0.15, 0.2) is 5.84 Å². The largest absolute Gasteiger partial charge is 0.382 e. The Kier molecular flexibility index (Phi) is 5.06. The lowest BCUT2D eigenvalue weighted by atomic mass is 10.2. The standard InChI is InChI=1S/C13H15N7O3/c14-8-11(13(15)16)18-17-10-7-9(1-2-12(10)20(21)22)19-3-5-23-6-4-19/h1-2,7,17H,3-6H2,(H3,15,16)/b18-11+. The number of nitro benzene ring substituents is 1. The molecule has 0 unspecified atom stereocenters. The van der Waals surface area contributed by atoms with E-state index in [1.165, 1.54) is 6.07 Å². The fraction of sp³-hybridized carbons (Fsp3) is 0.308. The first-order valence-electron chi connectivity index (χ1n) is 6.72. The first-order chi connectivity index (χ1) is 11.0. The fourth-order valence-corrected chi connectivity index (χ4v) is 2.05. The topological polar surface area (TPSA) is 154 Å². The van der Waals surface area contributed by atoms with E-state index in [9.17, 15) is 10.1 Å². The van der Waals surface area contributed by atoms with Gasteiger partial charge in [0.1, 0.15) is 11.8 Å². The zero-order valence-electron chi connectivity index (χ0n) is 12.2. The number of nitrogens with two attached hydrogens (primary N) is 1. The number of ether oxygens (including phenoxy) is 1. The van der Waals surface area contributed by atoms with E-state index in [0.29, 0.717) is 26.3 Å². The van der Waals surface area contributed by atoms with Crippen molar-refractivity contribution < 1.29 is 9.66 Å². The summed E-state index contributed by atoms with van der Waals surface area (Å²) < 4.78 is 5.27. The summed E-state index contributed by atoms with van der Waals surface area (Å²) in [6.45, 7) is 2.52. The van der Waals surface area contributed by atoms with E-state index < -0.39 is 10.8 Å². The Morgan fingerprint density at radius 1 is 1.52 bits per heavy atom. The van der Waals surface area contributed by atoms with E-state index in [-0.39, 0.29) is 17.1 Å². The lowest BCUT2D eigenvalue weighted by molar-refractivity contribution is -0.383. The Morgan fingerprint density at radius 3 is 2.78 bits per heavy atom. The summed E-state index contributed by atoms with van der Waals surface area (Å²) in [5.41, 5.74) is 8.00. The van der Waals surface area contributed by atoms with Crippen molar-refractivity contribution in [2.75, 3.05) is 36.6 Å². The molecule has 0 spiro atoms. The summed E-state index contributed by atoms with van der Waals surface area (Å²) in [4.78, 5) is 12.6. The van der Waals surface area contributed by atoms with Crippen LogP contribution in [-0.2, 0) is 4.74 Å². The van der Waals surface area contributed by atoms with Crippen molar-refractivity contribution in [3.05, 3.63) is 28.3 Å². The van der Waals surface area contributed by atoms with Crippen LogP contribution in [0.3, 0.4) is 0 Å². The predicted molar refractivity (Wildman–Crippen MR) is 84.7 cm³/mol. The van der Waals surface area contributed by atoms with Gasteiger partial charge >= 0.3 is 0 Å². The Balaban J connectivity index is 2.32. The smallest absolute Gasteiger partial charge is 0.294 e. The molecule has 0 aliphatic carbocycles. The lowest BCUT2D eigenvalue weighted by Crippen LogP contribution is -2.36. The van der Waals surface area contributed by atoms with Crippen molar-refractivity contribution in [3.8, 4) is 6.07 Å². The quantitative estimate of drug-likeness (QED) is 0.312. The van der Waals surface area contributed by atoms with Gasteiger partial charge in [-0.15, -0.1) is 0 Å². The number of nitriles is 1. The first-order valence-corrected chi connectivity index (χ1v) is 6.72. The zero-order chi connectivity index (χ0) is 16.8. The molecule has 1 aromatic carbocycles. The number of nitrogens with one attached hydrogen (secondary N) is 2. The molecule has 120 valence electrons. The molecule has 0 amide bonds. The SMILES string of the molecule is N#C/C(=N\Nc1cc(N2CCOCC2)ccc1[N+](=O)[O-])C(=N)N. The van der Waals surface area contributed by atoms with Crippen LogP contribution in [0.2, 0.25) is 0 Å². The van der Waals surface area contributed by atoms with E-state index in [2.05, 4.69) is 10.5 Å². The van der Waals surface area contributed by atoms with Crippen molar-refractivity contribution in [3.63, 3.8) is 0 Å². The van der Waals surface area contributed by atoms with Crippen LogP contribution in [0.5, 0.6) is 0 Å². The van der Waals surface area contributed by atoms with Crippen molar-refractivity contribution in [1.82, 2.24) is 0 Å². The molecule has 2 rings (SSSR count). The maximum Gasteiger partial charge on any atom is 0.294 e. The Hall–Kier alpha value is -3.19. The second-order valence-corrected chi connectivity index (χ2v) is 4.66. The molecule has 4 N–H and O–H groups in total. The van der Waals surface area contributed by atoms with E-state index >= 15 is 0 Å². The van der Waals surface area contributed by atoms with Gasteiger partial charge in [-0.05, 0) is 12.1 Å². The molecule has 1 aromatic rings. The van der Waals surface area contributed by atoms with E-state index in [4.69, 9.17) is 21.1 Å². The van der Waals surface area contributed by atoms with Gasteiger partial charge in [0.25, 0.3) is 5.69 Å². The minimum Gasteiger partial charge on any atom is -0.382 e. The highest BCUT2D eigenvalue weighted by Crippen LogP contribution is 2.30. The number of nitro groups is 1. The third kappa shape index (κ3) is 3.92. The van der Waals surface area contributed by atoms with Crippen LogP contribution in [0.15, 0.2) is 23.3 Å². The van der Waals surface area contributed by atoms with Gasteiger partial charge in [0, 0.05) is 24.8 Å². The van der Waals surface area contributed by atoms with Gasteiger partial charge in [-0.1, -0.05) is 0 Å². The number of hydrogen-bond acceptors (Lipinski definition) is 8. The van der Waals surface area contributed by atoms with Crippen molar-refractivity contribution >= 4 is 28.6 Å². The Morgan fingerprint density at radius 2 is 2.22 bits per heavy atom. The van der Waals surface area contributed by atoms with Crippen molar-refractivity contribution in [2.45, 2.75) is 0 Å².